The summed E-state index contributed by atoms with van der Waals surface area (Å²) in [6.07, 6.45) is 2.13. The van der Waals surface area contributed by atoms with Crippen molar-refractivity contribution >= 4 is 8.32 Å². The van der Waals surface area contributed by atoms with E-state index in [4.69, 9.17) is 14.9 Å². The van der Waals surface area contributed by atoms with Crippen LogP contribution in [0.15, 0.2) is 0 Å². The highest BCUT2D eigenvalue weighted by Gasteiger charge is 2.38. The maximum absolute atomic E-state index is 6.14. The summed E-state index contributed by atoms with van der Waals surface area (Å²) in [5.74, 6) is 0. The van der Waals surface area contributed by atoms with E-state index in [9.17, 15) is 0 Å². The van der Waals surface area contributed by atoms with Crippen LogP contribution in [-0.2, 0) is 9.16 Å². The van der Waals surface area contributed by atoms with Gasteiger partial charge in [-0.3, -0.25) is 0 Å². The second-order valence-corrected chi connectivity index (χ2v) is 11.2. The number of ether oxygens (including phenoxy) is 1. The van der Waals surface area contributed by atoms with Crippen molar-refractivity contribution in [3.8, 4) is 0 Å². The second-order valence-electron chi connectivity index (χ2n) is 6.35. The van der Waals surface area contributed by atoms with Crippen molar-refractivity contribution in [3.05, 3.63) is 0 Å². The van der Waals surface area contributed by atoms with Gasteiger partial charge in [0.1, 0.15) is 0 Å². The van der Waals surface area contributed by atoms with Gasteiger partial charge in [0.15, 0.2) is 8.32 Å². The molecule has 0 unspecified atom stereocenters. The Morgan fingerprint density at radius 2 is 2.00 bits per heavy atom. The van der Waals surface area contributed by atoms with E-state index in [2.05, 4.69) is 33.9 Å². The molecule has 3 nitrogen and oxygen atoms in total. The normalized spacial score (nSPS) is 28.1. The Bertz CT molecular complexity index is 226. The molecule has 0 spiro atoms. The van der Waals surface area contributed by atoms with E-state index >= 15 is 0 Å². The molecule has 0 aliphatic carbocycles. The van der Waals surface area contributed by atoms with Gasteiger partial charge >= 0.3 is 0 Å². The van der Waals surface area contributed by atoms with E-state index in [0.29, 0.717) is 12.6 Å². The summed E-state index contributed by atoms with van der Waals surface area (Å²) in [6.45, 7) is 12.8. The standard InChI is InChI=1S/C12H27NO2Si/c1-12(2,3)16(4,5)15-9-11-8-10(13)6-7-14-11/h10-11H,6-9,13H2,1-5H3/t10-,11+/m1/s1. The lowest BCUT2D eigenvalue weighted by molar-refractivity contribution is -0.0207. The average molecular weight is 245 g/mol. The van der Waals surface area contributed by atoms with Crippen molar-refractivity contribution in [3.63, 3.8) is 0 Å². The van der Waals surface area contributed by atoms with E-state index < -0.39 is 8.32 Å². The predicted octanol–water partition coefficient (Wildman–Crippen LogP) is 2.51. The van der Waals surface area contributed by atoms with Crippen LogP contribution in [0.5, 0.6) is 0 Å². The van der Waals surface area contributed by atoms with Crippen molar-refractivity contribution in [1.29, 1.82) is 0 Å². The second kappa shape index (κ2) is 5.17. The molecular weight excluding hydrogens is 218 g/mol. The van der Waals surface area contributed by atoms with E-state index in [-0.39, 0.29) is 11.1 Å². The minimum absolute atomic E-state index is 0.206. The number of rotatable bonds is 3. The van der Waals surface area contributed by atoms with Crippen molar-refractivity contribution in [2.24, 2.45) is 5.73 Å². The highest BCUT2D eigenvalue weighted by molar-refractivity contribution is 6.74. The Morgan fingerprint density at radius 1 is 1.38 bits per heavy atom. The first-order valence-electron chi connectivity index (χ1n) is 6.23. The predicted molar refractivity (Wildman–Crippen MR) is 70.1 cm³/mol. The summed E-state index contributed by atoms with van der Waals surface area (Å²) in [5, 5.41) is 0.268. The molecule has 1 fully saturated rings. The lowest BCUT2D eigenvalue weighted by Crippen LogP contribution is -2.45. The molecule has 16 heavy (non-hydrogen) atoms. The molecule has 0 saturated carbocycles. The van der Waals surface area contributed by atoms with Crippen LogP contribution >= 0.6 is 0 Å². The smallest absolute Gasteiger partial charge is 0.192 e. The highest BCUT2D eigenvalue weighted by atomic mass is 28.4. The van der Waals surface area contributed by atoms with Crippen LogP contribution in [0, 0.1) is 0 Å². The van der Waals surface area contributed by atoms with Crippen molar-refractivity contribution < 1.29 is 9.16 Å². The first-order valence-corrected chi connectivity index (χ1v) is 9.14. The molecule has 2 atom stereocenters. The summed E-state index contributed by atoms with van der Waals surface area (Å²) in [5.41, 5.74) is 5.93. The zero-order chi connectivity index (χ0) is 12.4. The Hall–Kier alpha value is 0.0969. The molecule has 96 valence electrons. The van der Waals surface area contributed by atoms with Crippen LogP contribution in [0.4, 0.5) is 0 Å². The summed E-state index contributed by atoms with van der Waals surface area (Å²) in [6, 6.07) is 0.293. The van der Waals surface area contributed by atoms with Gasteiger partial charge < -0.3 is 14.9 Å². The average Bonchev–Trinajstić information content (AvgIpc) is 2.13. The fourth-order valence-corrected chi connectivity index (χ4v) is 2.58. The number of hydrogen-bond donors (Lipinski definition) is 1. The molecule has 1 heterocycles. The summed E-state index contributed by atoms with van der Waals surface area (Å²) in [4.78, 5) is 0. The Balaban J connectivity index is 2.39. The largest absolute Gasteiger partial charge is 0.414 e. The third-order valence-corrected chi connectivity index (χ3v) is 8.34. The van der Waals surface area contributed by atoms with Gasteiger partial charge in [-0.15, -0.1) is 0 Å². The molecule has 0 aromatic rings. The Kier molecular flexibility index (Phi) is 4.57. The van der Waals surface area contributed by atoms with Gasteiger partial charge in [-0.2, -0.15) is 0 Å². The zero-order valence-corrected chi connectivity index (χ0v) is 12.4. The summed E-state index contributed by atoms with van der Waals surface area (Å²) in [7, 11) is -1.63. The third kappa shape index (κ3) is 3.84. The van der Waals surface area contributed by atoms with Crippen LogP contribution in [0.2, 0.25) is 18.1 Å². The minimum Gasteiger partial charge on any atom is -0.414 e. The summed E-state index contributed by atoms with van der Waals surface area (Å²) < 4.78 is 11.8. The van der Waals surface area contributed by atoms with Crippen LogP contribution in [-0.4, -0.2) is 33.7 Å². The molecule has 0 aromatic heterocycles. The van der Waals surface area contributed by atoms with Crippen LogP contribution in [0.1, 0.15) is 33.6 Å². The van der Waals surface area contributed by atoms with Crippen LogP contribution < -0.4 is 5.73 Å². The van der Waals surface area contributed by atoms with Crippen LogP contribution in [0.3, 0.4) is 0 Å². The molecular formula is C12H27NO2Si. The molecule has 0 aromatic carbocycles. The topological polar surface area (TPSA) is 44.5 Å². The molecule has 2 N–H and O–H groups in total. The van der Waals surface area contributed by atoms with E-state index in [0.717, 1.165) is 19.4 Å². The maximum atomic E-state index is 6.14. The van der Waals surface area contributed by atoms with E-state index in [1.165, 1.54) is 0 Å². The molecule has 1 aliphatic heterocycles. The number of hydrogen-bond acceptors (Lipinski definition) is 3. The van der Waals surface area contributed by atoms with Crippen LogP contribution in [0.25, 0.3) is 0 Å². The molecule has 0 radical (unpaired) electrons. The first kappa shape index (κ1) is 14.2. The van der Waals surface area contributed by atoms with Crippen molar-refractivity contribution in [2.75, 3.05) is 13.2 Å². The fraction of sp³-hybridized carbons (Fsp3) is 1.00. The van der Waals surface area contributed by atoms with E-state index in [1.54, 1.807) is 0 Å². The molecule has 1 saturated heterocycles. The zero-order valence-electron chi connectivity index (χ0n) is 11.4. The monoisotopic (exact) mass is 245 g/mol. The molecule has 0 amide bonds. The van der Waals surface area contributed by atoms with Gasteiger partial charge in [0.05, 0.1) is 12.7 Å². The molecule has 0 bridgehead atoms. The SMILES string of the molecule is CC(C)(C)[Si](C)(C)OC[C@@H]1C[C@H](N)CCO1. The van der Waals surface area contributed by atoms with Crippen molar-refractivity contribution in [1.82, 2.24) is 0 Å². The van der Waals surface area contributed by atoms with Gasteiger partial charge in [-0.05, 0) is 31.0 Å². The molecule has 4 heteroatoms. The maximum Gasteiger partial charge on any atom is 0.192 e. The van der Waals surface area contributed by atoms with Gasteiger partial charge in [0.25, 0.3) is 0 Å². The van der Waals surface area contributed by atoms with Gasteiger partial charge in [0, 0.05) is 12.6 Å². The third-order valence-electron chi connectivity index (χ3n) is 3.84. The summed E-state index contributed by atoms with van der Waals surface area (Å²) >= 11 is 0. The lowest BCUT2D eigenvalue weighted by atomic mass is 10.1. The van der Waals surface area contributed by atoms with Gasteiger partial charge in [-0.25, -0.2) is 0 Å². The highest BCUT2D eigenvalue weighted by Crippen LogP contribution is 2.36. The van der Waals surface area contributed by atoms with Gasteiger partial charge in [0.2, 0.25) is 0 Å². The number of nitrogens with two attached hydrogens (primary N) is 1. The minimum atomic E-state index is -1.63. The quantitative estimate of drug-likeness (QED) is 0.777. The molecule has 1 rings (SSSR count). The van der Waals surface area contributed by atoms with Gasteiger partial charge in [-0.1, -0.05) is 20.8 Å². The van der Waals surface area contributed by atoms with E-state index in [1.807, 2.05) is 0 Å². The first-order chi connectivity index (χ1) is 7.22. The fourth-order valence-electron chi connectivity index (χ4n) is 1.54. The Morgan fingerprint density at radius 3 is 2.50 bits per heavy atom. The molecule has 1 aliphatic rings. The Labute approximate surface area is 101 Å². The lowest BCUT2D eigenvalue weighted by Gasteiger charge is -2.38. The van der Waals surface area contributed by atoms with Crippen molar-refractivity contribution in [2.45, 2.75) is 63.9 Å².